The van der Waals surface area contributed by atoms with Crippen LogP contribution in [0.3, 0.4) is 0 Å². The van der Waals surface area contributed by atoms with Crippen LogP contribution < -0.4 is 5.32 Å². The van der Waals surface area contributed by atoms with Gasteiger partial charge >= 0.3 is 0 Å². The van der Waals surface area contributed by atoms with Gasteiger partial charge < -0.3 is 10.3 Å². The summed E-state index contributed by atoms with van der Waals surface area (Å²) < 4.78 is 13.7. The van der Waals surface area contributed by atoms with E-state index in [-0.39, 0.29) is 18.3 Å². The lowest BCUT2D eigenvalue weighted by Gasteiger charge is -2.25. The zero-order valence-electron chi connectivity index (χ0n) is 14.1. The lowest BCUT2D eigenvalue weighted by atomic mass is 9.81. The molecule has 3 rings (SSSR count). The predicted molar refractivity (Wildman–Crippen MR) is 94.3 cm³/mol. The number of aromatic nitrogens is 1. The maximum absolute atomic E-state index is 13.7. The fourth-order valence-electron chi connectivity index (χ4n) is 3.23. The van der Waals surface area contributed by atoms with Crippen LogP contribution in [0.25, 0.3) is 10.9 Å². The molecule has 1 amide bonds. The standard InChI is InChI=1S/C20H21FN2O/c1-13-18(15-9-5-7-11-17(15)23-13)20(2,3)19(24)22-12-14-8-4-6-10-16(14)21/h4-11,23H,12H2,1-3H3,(H,22,24). The Morgan fingerprint density at radius 2 is 1.79 bits per heavy atom. The van der Waals surface area contributed by atoms with Gasteiger partial charge in [0.1, 0.15) is 5.82 Å². The molecule has 0 saturated heterocycles. The summed E-state index contributed by atoms with van der Waals surface area (Å²) in [6, 6.07) is 14.4. The fourth-order valence-corrected chi connectivity index (χ4v) is 3.23. The first-order valence-corrected chi connectivity index (χ1v) is 8.00. The molecule has 0 aliphatic heterocycles. The molecule has 0 saturated carbocycles. The quantitative estimate of drug-likeness (QED) is 0.742. The van der Waals surface area contributed by atoms with Crippen LogP contribution in [0.4, 0.5) is 4.39 Å². The van der Waals surface area contributed by atoms with Gasteiger partial charge in [-0.2, -0.15) is 0 Å². The molecule has 24 heavy (non-hydrogen) atoms. The Morgan fingerprint density at radius 1 is 1.12 bits per heavy atom. The van der Waals surface area contributed by atoms with Crippen molar-refractivity contribution in [2.75, 3.05) is 0 Å². The summed E-state index contributed by atoms with van der Waals surface area (Å²) in [5.41, 5.74) is 2.72. The maximum Gasteiger partial charge on any atom is 0.230 e. The van der Waals surface area contributed by atoms with E-state index >= 15 is 0 Å². The van der Waals surface area contributed by atoms with Gasteiger partial charge in [0.25, 0.3) is 0 Å². The summed E-state index contributed by atoms with van der Waals surface area (Å²) in [5.74, 6) is -0.433. The Morgan fingerprint density at radius 3 is 2.54 bits per heavy atom. The number of carbonyl (C=O) groups excluding carboxylic acids is 1. The number of halogens is 1. The van der Waals surface area contributed by atoms with Crippen LogP contribution in [0.1, 0.15) is 30.7 Å². The molecule has 0 aliphatic carbocycles. The molecular weight excluding hydrogens is 303 g/mol. The summed E-state index contributed by atoms with van der Waals surface area (Å²) >= 11 is 0. The van der Waals surface area contributed by atoms with Crippen LogP contribution in [-0.2, 0) is 16.8 Å². The molecule has 0 bridgehead atoms. The van der Waals surface area contributed by atoms with Crippen LogP contribution in [0, 0.1) is 12.7 Å². The van der Waals surface area contributed by atoms with Crippen molar-refractivity contribution < 1.29 is 9.18 Å². The third kappa shape index (κ3) is 2.80. The molecule has 1 aromatic heterocycles. The Labute approximate surface area is 140 Å². The van der Waals surface area contributed by atoms with E-state index in [4.69, 9.17) is 0 Å². The molecule has 0 radical (unpaired) electrons. The molecule has 0 aliphatic rings. The number of fused-ring (bicyclic) bond motifs is 1. The van der Waals surface area contributed by atoms with E-state index in [1.807, 2.05) is 45.0 Å². The van der Waals surface area contributed by atoms with E-state index in [9.17, 15) is 9.18 Å². The van der Waals surface area contributed by atoms with Crippen molar-refractivity contribution in [3.63, 3.8) is 0 Å². The van der Waals surface area contributed by atoms with Crippen LogP contribution in [0.2, 0.25) is 0 Å². The molecule has 0 unspecified atom stereocenters. The monoisotopic (exact) mass is 324 g/mol. The lowest BCUT2D eigenvalue weighted by Crippen LogP contribution is -2.40. The predicted octanol–water partition coefficient (Wildman–Crippen LogP) is 4.21. The molecule has 0 spiro atoms. The topological polar surface area (TPSA) is 44.9 Å². The van der Waals surface area contributed by atoms with Crippen molar-refractivity contribution in [3.8, 4) is 0 Å². The van der Waals surface area contributed by atoms with Gasteiger partial charge in [0.05, 0.1) is 5.41 Å². The molecule has 124 valence electrons. The number of hydrogen-bond acceptors (Lipinski definition) is 1. The van der Waals surface area contributed by atoms with Gasteiger partial charge in [0, 0.05) is 28.7 Å². The van der Waals surface area contributed by atoms with E-state index in [0.717, 1.165) is 22.2 Å². The minimum absolute atomic E-state index is 0.126. The van der Waals surface area contributed by atoms with Gasteiger partial charge in [0.15, 0.2) is 0 Å². The third-order valence-electron chi connectivity index (χ3n) is 4.48. The van der Waals surface area contributed by atoms with E-state index in [2.05, 4.69) is 10.3 Å². The Balaban J connectivity index is 1.87. The summed E-state index contributed by atoms with van der Waals surface area (Å²) in [5, 5.41) is 3.91. The van der Waals surface area contributed by atoms with Crippen LogP contribution in [-0.4, -0.2) is 10.9 Å². The van der Waals surface area contributed by atoms with Gasteiger partial charge in [-0.25, -0.2) is 4.39 Å². The molecule has 3 aromatic rings. The normalized spacial score (nSPS) is 11.7. The maximum atomic E-state index is 13.7. The van der Waals surface area contributed by atoms with Crippen molar-refractivity contribution in [1.29, 1.82) is 0 Å². The highest BCUT2D eigenvalue weighted by atomic mass is 19.1. The second kappa shape index (κ2) is 6.11. The summed E-state index contributed by atoms with van der Waals surface area (Å²) in [6.07, 6.45) is 0. The van der Waals surface area contributed by atoms with Crippen molar-refractivity contribution in [3.05, 3.63) is 71.2 Å². The molecule has 2 aromatic carbocycles. The molecule has 2 N–H and O–H groups in total. The number of aromatic amines is 1. The van der Waals surface area contributed by atoms with Gasteiger partial charge in [-0.05, 0) is 38.5 Å². The van der Waals surface area contributed by atoms with Crippen molar-refractivity contribution in [1.82, 2.24) is 10.3 Å². The first kappa shape index (κ1) is 16.2. The number of para-hydroxylation sites is 1. The molecule has 0 fully saturated rings. The third-order valence-corrected chi connectivity index (χ3v) is 4.48. The second-order valence-electron chi connectivity index (χ2n) is 6.57. The number of nitrogens with one attached hydrogen (secondary N) is 2. The first-order chi connectivity index (χ1) is 11.4. The minimum atomic E-state index is -0.727. The number of benzene rings is 2. The SMILES string of the molecule is Cc1[nH]c2ccccc2c1C(C)(C)C(=O)NCc1ccccc1F. The Kier molecular flexibility index (Phi) is 4.14. The molecule has 1 heterocycles. The average Bonchev–Trinajstić information content (AvgIpc) is 2.90. The van der Waals surface area contributed by atoms with Gasteiger partial charge in [-0.1, -0.05) is 36.4 Å². The van der Waals surface area contributed by atoms with E-state index in [0.29, 0.717) is 5.56 Å². The smallest absolute Gasteiger partial charge is 0.230 e. The van der Waals surface area contributed by atoms with Crippen molar-refractivity contribution in [2.45, 2.75) is 32.7 Å². The zero-order chi connectivity index (χ0) is 17.3. The van der Waals surface area contributed by atoms with E-state index < -0.39 is 5.41 Å². The highest BCUT2D eigenvalue weighted by molar-refractivity contribution is 5.95. The summed E-state index contributed by atoms with van der Waals surface area (Å²) in [7, 11) is 0. The summed E-state index contributed by atoms with van der Waals surface area (Å²) in [4.78, 5) is 16.1. The van der Waals surface area contributed by atoms with Crippen molar-refractivity contribution in [2.24, 2.45) is 0 Å². The van der Waals surface area contributed by atoms with Crippen LogP contribution >= 0.6 is 0 Å². The Bertz CT molecular complexity index is 896. The second-order valence-corrected chi connectivity index (χ2v) is 6.57. The van der Waals surface area contributed by atoms with E-state index in [1.165, 1.54) is 6.07 Å². The number of H-pyrrole nitrogens is 1. The number of amides is 1. The number of rotatable bonds is 4. The van der Waals surface area contributed by atoms with Gasteiger partial charge in [-0.3, -0.25) is 4.79 Å². The van der Waals surface area contributed by atoms with Gasteiger partial charge in [-0.15, -0.1) is 0 Å². The van der Waals surface area contributed by atoms with Crippen LogP contribution in [0.5, 0.6) is 0 Å². The fraction of sp³-hybridized carbons (Fsp3) is 0.250. The largest absolute Gasteiger partial charge is 0.358 e. The molecule has 0 atom stereocenters. The van der Waals surface area contributed by atoms with Gasteiger partial charge in [0.2, 0.25) is 5.91 Å². The van der Waals surface area contributed by atoms with Crippen molar-refractivity contribution >= 4 is 16.8 Å². The lowest BCUT2D eigenvalue weighted by molar-refractivity contribution is -0.125. The average molecular weight is 324 g/mol. The van der Waals surface area contributed by atoms with Crippen LogP contribution in [0.15, 0.2) is 48.5 Å². The number of carbonyl (C=O) groups is 1. The molecule has 3 nitrogen and oxygen atoms in total. The summed E-state index contributed by atoms with van der Waals surface area (Å²) in [6.45, 7) is 5.94. The number of aryl methyl sites for hydroxylation is 1. The Hall–Kier alpha value is -2.62. The zero-order valence-corrected chi connectivity index (χ0v) is 14.1. The molecular formula is C20H21FN2O. The molecule has 4 heteroatoms. The minimum Gasteiger partial charge on any atom is -0.358 e. The number of hydrogen-bond donors (Lipinski definition) is 2. The van der Waals surface area contributed by atoms with E-state index in [1.54, 1.807) is 18.2 Å². The highest BCUT2D eigenvalue weighted by Gasteiger charge is 2.33. The first-order valence-electron chi connectivity index (χ1n) is 8.00. The highest BCUT2D eigenvalue weighted by Crippen LogP contribution is 2.33.